The van der Waals surface area contributed by atoms with Gasteiger partial charge < -0.3 is 15.7 Å². The molecule has 10 heteroatoms. The van der Waals surface area contributed by atoms with E-state index in [0.717, 1.165) is 29.8 Å². The lowest BCUT2D eigenvalue weighted by Gasteiger charge is -2.07. The number of hydrogen-bond acceptors (Lipinski definition) is 6. The van der Waals surface area contributed by atoms with Gasteiger partial charge in [0.1, 0.15) is 0 Å². The molecule has 0 spiro atoms. The summed E-state index contributed by atoms with van der Waals surface area (Å²) in [6.07, 6.45) is 3.79. The van der Waals surface area contributed by atoms with Crippen LogP contribution in [0.4, 0.5) is 0 Å². The van der Waals surface area contributed by atoms with Crippen molar-refractivity contribution in [3.05, 3.63) is 60.9 Å². The molecule has 154 valence electrons. The van der Waals surface area contributed by atoms with Crippen molar-refractivity contribution in [3.8, 4) is 5.75 Å². The van der Waals surface area contributed by atoms with E-state index in [1.54, 1.807) is 24.4 Å². The fourth-order valence-electron chi connectivity index (χ4n) is 2.65. The average molecular weight is 455 g/mol. The molecule has 0 fully saturated rings. The lowest BCUT2D eigenvalue weighted by atomic mass is 10.2. The standard InChI is InChI=1S/C19H20Cl2N4O3S/c1-2-3-6-22-9-12-10-25-18(28)16(26)15(24-19(25)29-12)17(27)23-8-11-4-5-13(20)14(21)7-11/h4-5,7,10,22,26H,2-3,6,8-9H2,1H3,(H,23,27). The average Bonchev–Trinajstić information content (AvgIpc) is 3.12. The number of nitrogens with one attached hydrogen (secondary N) is 2. The van der Waals surface area contributed by atoms with Crippen LogP contribution in [0.1, 0.15) is 40.7 Å². The number of fused-ring (bicyclic) bond motifs is 1. The Bertz CT molecular complexity index is 1100. The van der Waals surface area contributed by atoms with Crippen LogP contribution in [-0.2, 0) is 13.1 Å². The molecular formula is C19H20Cl2N4O3S. The quantitative estimate of drug-likeness (QED) is 0.452. The van der Waals surface area contributed by atoms with E-state index in [0.29, 0.717) is 21.6 Å². The topological polar surface area (TPSA) is 95.7 Å². The summed E-state index contributed by atoms with van der Waals surface area (Å²) in [5.41, 5.74) is -0.255. The Morgan fingerprint density at radius 3 is 2.79 bits per heavy atom. The first kappa shape index (κ1) is 21.6. The molecule has 3 rings (SSSR count). The maximum absolute atomic E-state index is 12.5. The van der Waals surface area contributed by atoms with Crippen LogP contribution in [0.3, 0.4) is 0 Å². The fraction of sp³-hybridized carbons (Fsp3) is 0.316. The van der Waals surface area contributed by atoms with Crippen LogP contribution < -0.4 is 16.2 Å². The molecule has 0 saturated heterocycles. The zero-order valence-corrected chi connectivity index (χ0v) is 18.0. The van der Waals surface area contributed by atoms with Crippen molar-refractivity contribution in [2.24, 2.45) is 0 Å². The first-order chi connectivity index (χ1) is 13.9. The summed E-state index contributed by atoms with van der Waals surface area (Å²) < 4.78 is 1.26. The molecule has 29 heavy (non-hydrogen) atoms. The van der Waals surface area contributed by atoms with E-state index in [9.17, 15) is 14.7 Å². The zero-order chi connectivity index (χ0) is 21.0. The van der Waals surface area contributed by atoms with E-state index in [2.05, 4.69) is 22.5 Å². The van der Waals surface area contributed by atoms with Crippen LogP contribution in [0, 0.1) is 0 Å². The molecule has 0 aliphatic heterocycles. The molecule has 0 aliphatic carbocycles. The van der Waals surface area contributed by atoms with Gasteiger partial charge in [-0.2, -0.15) is 0 Å². The Morgan fingerprint density at radius 2 is 2.07 bits per heavy atom. The van der Waals surface area contributed by atoms with Gasteiger partial charge in [0.05, 0.1) is 10.0 Å². The molecule has 0 saturated carbocycles. The normalized spacial score (nSPS) is 11.1. The van der Waals surface area contributed by atoms with Gasteiger partial charge in [-0.25, -0.2) is 4.98 Å². The van der Waals surface area contributed by atoms with Crippen molar-refractivity contribution in [1.82, 2.24) is 20.0 Å². The molecule has 3 N–H and O–H groups in total. The van der Waals surface area contributed by atoms with E-state index in [1.165, 1.54) is 15.7 Å². The van der Waals surface area contributed by atoms with Crippen LogP contribution in [0.2, 0.25) is 10.0 Å². The van der Waals surface area contributed by atoms with Crippen molar-refractivity contribution < 1.29 is 9.90 Å². The summed E-state index contributed by atoms with van der Waals surface area (Å²) in [6.45, 7) is 3.72. The molecule has 2 aromatic heterocycles. The Kier molecular flexibility index (Phi) is 7.13. The molecule has 1 amide bonds. The third-order valence-electron chi connectivity index (χ3n) is 4.21. The molecule has 7 nitrogen and oxygen atoms in total. The Morgan fingerprint density at radius 1 is 1.28 bits per heavy atom. The first-order valence-electron chi connectivity index (χ1n) is 9.07. The number of aromatic nitrogens is 2. The molecular weight excluding hydrogens is 435 g/mol. The van der Waals surface area contributed by atoms with Gasteiger partial charge >= 0.3 is 5.56 Å². The summed E-state index contributed by atoms with van der Waals surface area (Å²) in [6, 6.07) is 4.98. The maximum atomic E-state index is 12.5. The number of rotatable bonds is 8. The highest BCUT2D eigenvalue weighted by molar-refractivity contribution is 7.17. The smallest absolute Gasteiger partial charge is 0.301 e. The summed E-state index contributed by atoms with van der Waals surface area (Å²) in [5.74, 6) is -1.33. The lowest BCUT2D eigenvalue weighted by Crippen LogP contribution is -2.27. The van der Waals surface area contributed by atoms with Crippen molar-refractivity contribution in [3.63, 3.8) is 0 Å². The van der Waals surface area contributed by atoms with Gasteiger partial charge in [0, 0.05) is 24.2 Å². The highest BCUT2D eigenvalue weighted by Crippen LogP contribution is 2.23. The van der Waals surface area contributed by atoms with Crippen LogP contribution in [0.15, 0.2) is 29.2 Å². The van der Waals surface area contributed by atoms with Gasteiger partial charge in [-0.15, -0.1) is 0 Å². The SMILES string of the molecule is CCCCNCc1cn2c(=O)c(O)c(C(=O)NCc3ccc(Cl)c(Cl)c3)nc2s1. The van der Waals surface area contributed by atoms with E-state index in [4.69, 9.17) is 23.2 Å². The van der Waals surface area contributed by atoms with E-state index < -0.39 is 17.2 Å². The van der Waals surface area contributed by atoms with Gasteiger partial charge in [-0.05, 0) is 30.7 Å². The van der Waals surface area contributed by atoms with Gasteiger partial charge in [0.2, 0.25) is 5.75 Å². The molecule has 2 heterocycles. The van der Waals surface area contributed by atoms with Gasteiger partial charge in [0.15, 0.2) is 10.7 Å². The fourth-order valence-corrected chi connectivity index (χ4v) is 3.91. The second kappa shape index (κ2) is 9.58. The monoisotopic (exact) mass is 454 g/mol. The summed E-state index contributed by atoms with van der Waals surface area (Å²) in [7, 11) is 0. The van der Waals surface area contributed by atoms with Crippen molar-refractivity contribution >= 4 is 45.4 Å². The van der Waals surface area contributed by atoms with Crippen LogP contribution in [0.25, 0.3) is 4.96 Å². The number of nitrogens with zero attached hydrogens (tertiary/aromatic N) is 2. The number of carbonyl (C=O) groups excluding carboxylic acids is 1. The van der Waals surface area contributed by atoms with E-state index in [1.807, 2.05) is 0 Å². The third kappa shape index (κ3) is 5.08. The lowest BCUT2D eigenvalue weighted by molar-refractivity contribution is 0.0943. The number of amides is 1. The number of aromatic hydroxyl groups is 1. The maximum Gasteiger partial charge on any atom is 0.301 e. The second-order valence-corrected chi connectivity index (χ2v) is 8.33. The summed E-state index contributed by atoms with van der Waals surface area (Å²) >= 11 is 13.1. The Labute approximate surface area is 181 Å². The number of carbonyl (C=O) groups is 1. The minimum absolute atomic E-state index is 0.146. The number of hydrogen-bond donors (Lipinski definition) is 3. The highest BCUT2D eigenvalue weighted by atomic mass is 35.5. The van der Waals surface area contributed by atoms with Crippen molar-refractivity contribution in [2.45, 2.75) is 32.9 Å². The minimum atomic E-state index is -0.683. The van der Waals surface area contributed by atoms with Gasteiger partial charge in [-0.3, -0.25) is 14.0 Å². The van der Waals surface area contributed by atoms with E-state index in [-0.39, 0.29) is 12.2 Å². The molecule has 0 atom stereocenters. The second-order valence-electron chi connectivity index (χ2n) is 6.43. The Balaban J connectivity index is 1.77. The third-order valence-corrected chi connectivity index (χ3v) is 5.93. The molecule has 3 aromatic rings. The number of halogens is 2. The first-order valence-corrected chi connectivity index (χ1v) is 10.6. The molecule has 0 radical (unpaired) electrons. The van der Waals surface area contributed by atoms with Gasteiger partial charge in [0.25, 0.3) is 5.91 Å². The summed E-state index contributed by atoms with van der Waals surface area (Å²) in [5, 5.41) is 16.9. The van der Waals surface area contributed by atoms with Crippen LogP contribution in [-0.4, -0.2) is 26.9 Å². The number of benzene rings is 1. The molecule has 0 aliphatic rings. The number of thiazole rings is 1. The van der Waals surface area contributed by atoms with Gasteiger partial charge in [-0.1, -0.05) is 53.9 Å². The predicted molar refractivity (Wildman–Crippen MR) is 115 cm³/mol. The highest BCUT2D eigenvalue weighted by Gasteiger charge is 2.20. The van der Waals surface area contributed by atoms with Crippen molar-refractivity contribution in [1.29, 1.82) is 0 Å². The molecule has 0 bridgehead atoms. The van der Waals surface area contributed by atoms with Crippen LogP contribution >= 0.6 is 34.5 Å². The largest absolute Gasteiger partial charge is 0.501 e. The number of unbranched alkanes of at least 4 members (excludes halogenated alkanes) is 1. The van der Waals surface area contributed by atoms with E-state index >= 15 is 0 Å². The van der Waals surface area contributed by atoms with Crippen LogP contribution in [0.5, 0.6) is 5.75 Å². The minimum Gasteiger partial charge on any atom is -0.501 e. The molecule has 0 unspecified atom stereocenters. The Hall–Kier alpha value is -2.13. The molecule has 1 aromatic carbocycles. The predicted octanol–water partition coefficient (Wildman–Crippen LogP) is 3.59. The van der Waals surface area contributed by atoms with Crippen molar-refractivity contribution in [2.75, 3.05) is 6.54 Å². The zero-order valence-electron chi connectivity index (χ0n) is 15.7. The summed E-state index contributed by atoms with van der Waals surface area (Å²) in [4.78, 5) is 30.4.